The molecule has 0 atom stereocenters. The van der Waals surface area contributed by atoms with Crippen molar-refractivity contribution in [3.63, 3.8) is 0 Å². The monoisotopic (exact) mass is 341 g/mol. The third-order valence-electron chi connectivity index (χ3n) is 3.92. The van der Waals surface area contributed by atoms with Crippen LogP contribution in [0.1, 0.15) is 16.2 Å². The van der Waals surface area contributed by atoms with Crippen molar-refractivity contribution in [2.24, 2.45) is 5.10 Å². The first kappa shape index (κ1) is 15.7. The second-order valence-corrected chi connectivity index (χ2v) is 5.68. The number of hydrazone groups is 1. The van der Waals surface area contributed by atoms with Crippen LogP contribution in [-0.4, -0.2) is 27.3 Å². The minimum Gasteiger partial charge on any atom is -0.272 e. The second kappa shape index (κ2) is 6.98. The first-order chi connectivity index (χ1) is 12.8. The van der Waals surface area contributed by atoms with E-state index in [2.05, 4.69) is 31.8 Å². The van der Waals surface area contributed by atoms with Gasteiger partial charge in [0.05, 0.1) is 17.6 Å². The Labute approximate surface area is 149 Å². The Morgan fingerprint density at radius 3 is 2.69 bits per heavy atom. The van der Waals surface area contributed by atoms with E-state index in [-0.39, 0.29) is 5.91 Å². The predicted molar refractivity (Wildman–Crippen MR) is 101 cm³/mol. The van der Waals surface area contributed by atoms with E-state index in [0.717, 1.165) is 16.3 Å². The maximum atomic E-state index is 12.2. The van der Waals surface area contributed by atoms with Crippen molar-refractivity contribution in [1.29, 1.82) is 0 Å². The molecule has 6 heteroatoms. The molecule has 4 aromatic rings. The van der Waals surface area contributed by atoms with E-state index in [0.29, 0.717) is 17.1 Å². The van der Waals surface area contributed by atoms with Crippen LogP contribution in [0.25, 0.3) is 22.0 Å². The standard InChI is InChI=1S/C20H15N5O/c26-20(25-22-13-17-7-3-4-10-21-17)19-12-18(23-24-19)16-9-8-14-5-1-2-6-15(14)11-16/h1-13H,(H,23,24)(H,25,26)/b22-13+. The van der Waals surface area contributed by atoms with Gasteiger partial charge in [0, 0.05) is 11.8 Å². The number of H-pyrrole nitrogens is 1. The molecule has 26 heavy (non-hydrogen) atoms. The number of rotatable bonds is 4. The number of hydrogen-bond donors (Lipinski definition) is 2. The summed E-state index contributed by atoms with van der Waals surface area (Å²) in [6.45, 7) is 0. The van der Waals surface area contributed by atoms with Gasteiger partial charge < -0.3 is 0 Å². The molecule has 126 valence electrons. The summed E-state index contributed by atoms with van der Waals surface area (Å²) in [6.07, 6.45) is 3.15. The average molecular weight is 341 g/mol. The number of carbonyl (C=O) groups is 1. The maximum Gasteiger partial charge on any atom is 0.289 e. The molecule has 2 aromatic carbocycles. The molecule has 0 saturated carbocycles. The molecule has 1 amide bonds. The van der Waals surface area contributed by atoms with Gasteiger partial charge in [-0.3, -0.25) is 14.9 Å². The van der Waals surface area contributed by atoms with Gasteiger partial charge in [-0.1, -0.05) is 42.5 Å². The predicted octanol–water partition coefficient (Wildman–Crippen LogP) is 3.39. The SMILES string of the molecule is O=C(N/N=C/c1ccccn1)c1cc(-c2ccc3ccccc3c2)n[nH]1. The fraction of sp³-hybridized carbons (Fsp3) is 0. The Bertz CT molecular complexity index is 1090. The van der Waals surface area contributed by atoms with Gasteiger partial charge in [-0.2, -0.15) is 10.2 Å². The van der Waals surface area contributed by atoms with Gasteiger partial charge in [-0.15, -0.1) is 0 Å². The molecule has 0 aliphatic heterocycles. The number of pyridine rings is 1. The lowest BCUT2D eigenvalue weighted by Crippen LogP contribution is -2.18. The highest BCUT2D eigenvalue weighted by molar-refractivity contribution is 5.94. The van der Waals surface area contributed by atoms with Crippen LogP contribution >= 0.6 is 0 Å². The highest BCUT2D eigenvalue weighted by Crippen LogP contribution is 2.23. The molecule has 0 spiro atoms. The number of carbonyl (C=O) groups excluding carboxylic acids is 1. The summed E-state index contributed by atoms with van der Waals surface area (Å²) in [5, 5.41) is 13.2. The largest absolute Gasteiger partial charge is 0.289 e. The number of nitrogens with one attached hydrogen (secondary N) is 2. The van der Waals surface area contributed by atoms with E-state index < -0.39 is 0 Å². The topological polar surface area (TPSA) is 83.0 Å². The van der Waals surface area contributed by atoms with E-state index in [1.54, 1.807) is 18.3 Å². The highest BCUT2D eigenvalue weighted by Gasteiger charge is 2.10. The third-order valence-corrected chi connectivity index (χ3v) is 3.92. The number of aromatic amines is 1. The number of hydrogen-bond acceptors (Lipinski definition) is 4. The van der Waals surface area contributed by atoms with Gasteiger partial charge in [-0.25, -0.2) is 5.43 Å². The van der Waals surface area contributed by atoms with E-state index in [9.17, 15) is 4.79 Å². The number of aromatic nitrogens is 3. The van der Waals surface area contributed by atoms with Crippen LogP contribution in [0.15, 0.2) is 78.0 Å². The summed E-state index contributed by atoms with van der Waals surface area (Å²) in [4.78, 5) is 16.3. The van der Waals surface area contributed by atoms with Gasteiger partial charge in [-0.05, 0) is 35.0 Å². The van der Waals surface area contributed by atoms with E-state index in [1.807, 2.05) is 48.5 Å². The average Bonchev–Trinajstić information content (AvgIpc) is 3.19. The summed E-state index contributed by atoms with van der Waals surface area (Å²) in [6, 6.07) is 21.3. The number of nitrogens with zero attached hydrogens (tertiary/aromatic N) is 3. The molecule has 0 aliphatic rings. The van der Waals surface area contributed by atoms with Gasteiger partial charge in [0.25, 0.3) is 5.91 Å². The minimum atomic E-state index is -0.364. The molecule has 0 bridgehead atoms. The number of amides is 1. The fourth-order valence-corrected chi connectivity index (χ4v) is 2.60. The number of fused-ring (bicyclic) bond motifs is 1. The first-order valence-electron chi connectivity index (χ1n) is 8.09. The molecule has 0 fully saturated rings. The van der Waals surface area contributed by atoms with Gasteiger partial charge >= 0.3 is 0 Å². The van der Waals surface area contributed by atoms with Crippen molar-refractivity contribution < 1.29 is 4.79 Å². The molecule has 2 N–H and O–H groups in total. The molecule has 0 radical (unpaired) electrons. The van der Waals surface area contributed by atoms with Crippen molar-refractivity contribution in [3.8, 4) is 11.3 Å². The smallest absolute Gasteiger partial charge is 0.272 e. The Hall–Kier alpha value is -3.80. The zero-order chi connectivity index (χ0) is 17.8. The van der Waals surface area contributed by atoms with Gasteiger partial charge in [0.15, 0.2) is 0 Å². The van der Waals surface area contributed by atoms with Crippen LogP contribution in [0.4, 0.5) is 0 Å². The first-order valence-corrected chi connectivity index (χ1v) is 8.09. The molecular formula is C20H15N5O. The lowest BCUT2D eigenvalue weighted by molar-refractivity contribution is 0.0950. The van der Waals surface area contributed by atoms with Gasteiger partial charge in [0.1, 0.15) is 5.69 Å². The minimum absolute atomic E-state index is 0.339. The summed E-state index contributed by atoms with van der Waals surface area (Å²) < 4.78 is 0. The molecule has 2 aromatic heterocycles. The molecule has 2 heterocycles. The van der Waals surface area contributed by atoms with Crippen LogP contribution in [0, 0.1) is 0 Å². The van der Waals surface area contributed by atoms with E-state index >= 15 is 0 Å². The third kappa shape index (κ3) is 3.34. The van der Waals surface area contributed by atoms with Crippen LogP contribution in [0.3, 0.4) is 0 Å². The van der Waals surface area contributed by atoms with Crippen LogP contribution in [0.5, 0.6) is 0 Å². The second-order valence-electron chi connectivity index (χ2n) is 5.68. The molecular weight excluding hydrogens is 326 g/mol. The zero-order valence-corrected chi connectivity index (χ0v) is 13.8. The Morgan fingerprint density at radius 2 is 1.85 bits per heavy atom. The molecule has 0 saturated heterocycles. The Balaban J connectivity index is 1.49. The lowest BCUT2D eigenvalue weighted by Gasteiger charge is -2.00. The number of benzene rings is 2. The Morgan fingerprint density at radius 1 is 1.00 bits per heavy atom. The van der Waals surface area contributed by atoms with Crippen molar-refractivity contribution in [2.75, 3.05) is 0 Å². The van der Waals surface area contributed by atoms with Crippen molar-refractivity contribution >= 4 is 22.9 Å². The molecule has 0 aliphatic carbocycles. The summed E-state index contributed by atoms with van der Waals surface area (Å²) in [5.74, 6) is -0.364. The zero-order valence-electron chi connectivity index (χ0n) is 13.8. The normalized spacial score (nSPS) is 11.1. The lowest BCUT2D eigenvalue weighted by atomic mass is 10.1. The van der Waals surface area contributed by atoms with Crippen LogP contribution < -0.4 is 5.43 Å². The Kier molecular flexibility index (Phi) is 4.22. The molecule has 6 nitrogen and oxygen atoms in total. The van der Waals surface area contributed by atoms with Crippen LogP contribution in [0.2, 0.25) is 0 Å². The van der Waals surface area contributed by atoms with Gasteiger partial charge in [0.2, 0.25) is 0 Å². The fourth-order valence-electron chi connectivity index (χ4n) is 2.60. The molecule has 4 rings (SSSR count). The molecule has 0 unspecified atom stereocenters. The van der Waals surface area contributed by atoms with E-state index in [1.165, 1.54) is 6.21 Å². The highest BCUT2D eigenvalue weighted by atomic mass is 16.2. The van der Waals surface area contributed by atoms with Crippen molar-refractivity contribution in [3.05, 3.63) is 84.3 Å². The van der Waals surface area contributed by atoms with Crippen LogP contribution in [-0.2, 0) is 0 Å². The quantitative estimate of drug-likeness (QED) is 0.441. The van der Waals surface area contributed by atoms with Crippen molar-refractivity contribution in [1.82, 2.24) is 20.6 Å². The summed E-state index contributed by atoms with van der Waals surface area (Å²) in [7, 11) is 0. The summed E-state index contributed by atoms with van der Waals surface area (Å²) >= 11 is 0. The maximum absolute atomic E-state index is 12.2. The van der Waals surface area contributed by atoms with E-state index in [4.69, 9.17) is 0 Å². The summed E-state index contributed by atoms with van der Waals surface area (Å²) in [5.41, 5.74) is 5.11. The van der Waals surface area contributed by atoms with Crippen molar-refractivity contribution in [2.45, 2.75) is 0 Å².